The molecule has 2 aromatic rings. The summed E-state index contributed by atoms with van der Waals surface area (Å²) < 4.78 is 1.62. The number of hydrogen-bond donors (Lipinski definition) is 2. The number of nitrogens with one attached hydrogen (secondary N) is 2. The monoisotopic (exact) mass is 395 g/mol. The van der Waals surface area contributed by atoms with E-state index in [-0.39, 0.29) is 6.04 Å². The maximum Gasteiger partial charge on any atom is 0.329 e. The molecule has 1 heterocycles. The summed E-state index contributed by atoms with van der Waals surface area (Å²) in [5.74, 6) is -1.60. The molecule has 0 aliphatic heterocycles. The van der Waals surface area contributed by atoms with Crippen molar-refractivity contribution in [1.29, 1.82) is 0 Å². The predicted molar refractivity (Wildman–Crippen MR) is 102 cm³/mol. The summed E-state index contributed by atoms with van der Waals surface area (Å²) >= 11 is 12.2. The molecule has 2 amide bonds. The first-order chi connectivity index (χ1) is 12.3. The molecule has 0 aliphatic carbocycles. The van der Waals surface area contributed by atoms with Gasteiger partial charge < -0.3 is 5.32 Å². The zero-order valence-corrected chi connectivity index (χ0v) is 16.1. The molecule has 0 unspecified atom stereocenters. The fraction of sp³-hybridized carbons (Fsp3) is 0.294. The van der Waals surface area contributed by atoms with Crippen LogP contribution in [0.2, 0.25) is 10.2 Å². The van der Waals surface area contributed by atoms with Crippen molar-refractivity contribution in [2.45, 2.75) is 33.4 Å². The third-order valence-corrected chi connectivity index (χ3v) is 3.99. The molecule has 2 N–H and O–H groups in total. The third-order valence-electron chi connectivity index (χ3n) is 3.34. The molecule has 138 valence electrons. The van der Waals surface area contributed by atoms with Gasteiger partial charge in [-0.25, -0.2) is 10.1 Å². The molecule has 1 aromatic heterocycles. The molecule has 0 fully saturated rings. The first-order valence-corrected chi connectivity index (χ1v) is 8.64. The van der Waals surface area contributed by atoms with E-state index < -0.39 is 11.8 Å². The molecule has 9 heteroatoms. The molecular formula is C17H19Cl2N5O2. The molecule has 0 saturated heterocycles. The minimum atomic E-state index is -0.850. The first kappa shape index (κ1) is 19.9. The van der Waals surface area contributed by atoms with Gasteiger partial charge in [0.15, 0.2) is 0 Å². The van der Waals surface area contributed by atoms with Crippen molar-refractivity contribution in [3.63, 3.8) is 0 Å². The summed E-state index contributed by atoms with van der Waals surface area (Å²) in [4.78, 5) is 23.1. The highest BCUT2D eigenvalue weighted by Gasteiger charge is 2.15. The lowest BCUT2D eigenvalue weighted by molar-refractivity contribution is -0.139. The normalized spacial score (nSPS) is 11.2. The maximum absolute atomic E-state index is 11.6. The van der Waals surface area contributed by atoms with E-state index in [1.165, 1.54) is 6.21 Å². The average molecular weight is 396 g/mol. The second-order valence-electron chi connectivity index (χ2n) is 5.90. The number of hydrazone groups is 1. The zero-order valence-electron chi connectivity index (χ0n) is 14.6. The van der Waals surface area contributed by atoms with Gasteiger partial charge in [0.05, 0.1) is 24.0 Å². The fourth-order valence-electron chi connectivity index (χ4n) is 2.12. The Morgan fingerprint density at radius 3 is 2.50 bits per heavy atom. The van der Waals surface area contributed by atoms with E-state index >= 15 is 0 Å². The number of nitrogens with zero attached hydrogens (tertiary/aromatic N) is 3. The molecule has 0 saturated carbocycles. The van der Waals surface area contributed by atoms with E-state index in [0.717, 1.165) is 5.56 Å². The summed E-state index contributed by atoms with van der Waals surface area (Å²) in [5.41, 5.74) is 4.36. The van der Waals surface area contributed by atoms with Crippen LogP contribution in [0.3, 0.4) is 0 Å². The van der Waals surface area contributed by atoms with E-state index in [1.54, 1.807) is 37.6 Å². The number of rotatable bonds is 5. The third kappa shape index (κ3) is 5.31. The molecule has 26 heavy (non-hydrogen) atoms. The van der Waals surface area contributed by atoms with Gasteiger partial charge in [-0.2, -0.15) is 10.2 Å². The summed E-state index contributed by atoms with van der Waals surface area (Å²) in [6.07, 6.45) is 1.36. The van der Waals surface area contributed by atoms with Crippen LogP contribution < -0.4 is 10.7 Å². The lowest BCUT2D eigenvalue weighted by atomic mass is 10.2. The number of aryl methyl sites for hydroxylation is 1. The Kier molecular flexibility index (Phi) is 6.76. The number of aromatic nitrogens is 2. The van der Waals surface area contributed by atoms with Crippen molar-refractivity contribution < 1.29 is 9.59 Å². The second-order valence-corrected chi connectivity index (χ2v) is 6.70. The molecular weight excluding hydrogens is 377 g/mol. The van der Waals surface area contributed by atoms with E-state index in [2.05, 4.69) is 20.9 Å². The lowest BCUT2D eigenvalue weighted by Crippen LogP contribution is -2.41. The van der Waals surface area contributed by atoms with Gasteiger partial charge in [-0.05, 0) is 38.5 Å². The van der Waals surface area contributed by atoms with Crippen LogP contribution in [0.15, 0.2) is 29.4 Å². The van der Waals surface area contributed by atoms with Crippen LogP contribution in [-0.2, 0) is 16.1 Å². The minimum absolute atomic E-state index is 0.139. The number of halogens is 2. The Labute approximate surface area is 161 Å². The smallest absolute Gasteiger partial charge is 0.329 e. The molecule has 0 aliphatic rings. The van der Waals surface area contributed by atoms with Gasteiger partial charge in [0, 0.05) is 11.1 Å². The SMILES string of the molecule is Cc1nn(Cc2ccc(Cl)cc2)c(Cl)c1/C=N\NC(=O)C(=O)NC(C)C. The average Bonchev–Trinajstić information content (AvgIpc) is 2.83. The molecule has 2 rings (SSSR count). The minimum Gasteiger partial charge on any atom is -0.346 e. The Hall–Kier alpha value is -2.38. The highest BCUT2D eigenvalue weighted by Crippen LogP contribution is 2.19. The quantitative estimate of drug-likeness (QED) is 0.463. The summed E-state index contributed by atoms with van der Waals surface area (Å²) in [7, 11) is 0. The highest BCUT2D eigenvalue weighted by atomic mass is 35.5. The van der Waals surface area contributed by atoms with E-state index in [1.807, 2.05) is 12.1 Å². The van der Waals surface area contributed by atoms with Gasteiger partial charge in [-0.15, -0.1) is 0 Å². The Balaban J connectivity index is 2.06. The van der Waals surface area contributed by atoms with Crippen molar-refractivity contribution in [3.8, 4) is 0 Å². The first-order valence-electron chi connectivity index (χ1n) is 7.89. The number of carbonyl (C=O) groups is 2. The number of benzene rings is 1. The fourth-order valence-corrected chi connectivity index (χ4v) is 2.52. The summed E-state index contributed by atoms with van der Waals surface area (Å²) in [6.45, 7) is 5.76. The molecule has 0 spiro atoms. The molecule has 7 nitrogen and oxygen atoms in total. The van der Waals surface area contributed by atoms with E-state index in [0.29, 0.717) is 28.0 Å². The number of amides is 2. The molecule has 0 atom stereocenters. The zero-order chi connectivity index (χ0) is 19.3. The van der Waals surface area contributed by atoms with Gasteiger partial charge in [0.1, 0.15) is 5.15 Å². The van der Waals surface area contributed by atoms with Crippen LogP contribution >= 0.6 is 23.2 Å². The Morgan fingerprint density at radius 2 is 1.88 bits per heavy atom. The van der Waals surface area contributed by atoms with Crippen LogP contribution in [0.1, 0.15) is 30.7 Å². The second kappa shape index (κ2) is 8.82. The van der Waals surface area contributed by atoms with Gasteiger partial charge >= 0.3 is 11.8 Å². The highest BCUT2D eigenvalue weighted by molar-refractivity contribution is 6.35. The summed E-state index contributed by atoms with van der Waals surface area (Å²) in [6, 6.07) is 7.22. The lowest BCUT2D eigenvalue weighted by Gasteiger charge is -2.06. The van der Waals surface area contributed by atoms with Crippen LogP contribution in [0.4, 0.5) is 0 Å². The largest absolute Gasteiger partial charge is 0.346 e. The molecule has 0 radical (unpaired) electrons. The predicted octanol–water partition coefficient (Wildman–Crippen LogP) is 2.52. The number of carbonyl (C=O) groups excluding carboxylic acids is 2. The molecule has 1 aromatic carbocycles. The maximum atomic E-state index is 11.6. The van der Waals surface area contributed by atoms with Crippen molar-refractivity contribution in [1.82, 2.24) is 20.5 Å². The van der Waals surface area contributed by atoms with Gasteiger partial charge in [-0.1, -0.05) is 35.3 Å². The molecule has 0 bridgehead atoms. The van der Waals surface area contributed by atoms with Gasteiger partial charge in [-0.3, -0.25) is 9.59 Å². The summed E-state index contributed by atoms with van der Waals surface area (Å²) in [5, 5.41) is 11.7. The van der Waals surface area contributed by atoms with Gasteiger partial charge in [0.25, 0.3) is 0 Å². The van der Waals surface area contributed by atoms with E-state index in [9.17, 15) is 9.59 Å². The van der Waals surface area contributed by atoms with Crippen LogP contribution in [0, 0.1) is 6.92 Å². The van der Waals surface area contributed by atoms with E-state index in [4.69, 9.17) is 23.2 Å². The number of hydrogen-bond acceptors (Lipinski definition) is 4. The Bertz CT molecular complexity index is 828. The van der Waals surface area contributed by atoms with Crippen molar-refractivity contribution >= 4 is 41.2 Å². The topological polar surface area (TPSA) is 88.4 Å². The van der Waals surface area contributed by atoms with Crippen molar-refractivity contribution in [2.75, 3.05) is 0 Å². The van der Waals surface area contributed by atoms with Crippen LogP contribution in [-0.4, -0.2) is 33.9 Å². The van der Waals surface area contributed by atoms with Crippen molar-refractivity contribution in [2.24, 2.45) is 5.10 Å². The van der Waals surface area contributed by atoms with Crippen LogP contribution in [0.5, 0.6) is 0 Å². The van der Waals surface area contributed by atoms with Gasteiger partial charge in [0.2, 0.25) is 0 Å². The van der Waals surface area contributed by atoms with Crippen LogP contribution in [0.25, 0.3) is 0 Å². The standard InChI is InChI=1S/C17H19Cl2N5O2/c1-10(2)21-16(25)17(26)22-20-8-14-11(3)23-24(15(14)19)9-12-4-6-13(18)7-5-12/h4-8,10H,9H2,1-3H3,(H,21,25)(H,22,26)/b20-8-. The van der Waals surface area contributed by atoms with Crippen molar-refractivity contribution in [3.05, 3.63) is 51.3 Å². The Morgan fingerprint density at radius 1 is 1.23 bits per heavy atom.